The number of aryl methyl sites for hydroxylation is 1. The fourth-order valence-electron chi connectivity index (χ4n) is 2.91. The summed E-state index contributed by atoms with van der Waals surface area (Å²) in [4.78, 5) is 12.0. The monoisotopic (exact) mass is 346 g/mol. The third-order valence-electron chi connectivity index (χ3n) is 4.24. The van der Waals surface area contributed by atoms with Crippen molar-refractivity contribution >= 4 is 22.9 Å². The fraction of sp³-hybridized carbons (Fsp3) is 0.182. The van der Waals surface area contributed by atoms with Crippen molar-refractivity contribution < 1.29 is 9.53 Å². The first kappa shape index (κ1) is 17.7. The Bertz CT molecular complexity index is 891. The predicted molar refractivity (Wildman–Crippen MR) is 105 cm³/mol. The Morgan fingerprint density at radius 1 is 0.962 bits per heavy atom. The van der Waals surface area contributed by atoms with Crippen LogP contribution in [0.15, 0.2) is 66.7 Å². The normalized spacial score (nSPS) is 10.5. The number of carbonyl (C=O) groups excluding carboxylic acids is 1. The highest BCUT2D eigenvalue weighted by Gasteiger charge is 2.07. The van der Waals surface area contributed by atoms with E-state index in [-0.39, 0.29) is 12.5 Å². The number of hydrogen-bond acceptors (Lipinski definition) is 3. The molecule has 0 aliphatic carbocycles. The first-order chi connectivity index (χ1) is 12.8. The van der Waals surface area contributed by atoms with Gasteiger partial charge in [-0.3, -0.25) is 4.79 Å². The molecule has 3 rings (SSSR count). The van der Waals surface area contributed by atoms with Gasteiger partial charge in [-0.25, -0.2) is 0 Å². The first-order valence-electron chi connectivity index (χ1n) is 8.73. The summed E-state index contributed by atoms with van der Waals surface area (Å²) < 4.78 is 5.71. The van der Waals surface area contributed by atoms with Crippen LogP contribution in [0.1, 0.15) is 17.5 Å². The Morgan fingerprint density at radius 2 is 1.69 bits per heavy atom. The Kier molecular flexibility index (Phi) is 5.99. The number of fused-ring (bicyclic) bond motifs is 1. The van der Waals surface area contributed by atoms with Gasteiger partial charge in [0, 0.05) is 23.7 Å². The summed E-state index contributed by atoms with van der Waals surface area (Å²) in [6.07, 6.45) is 3.16. The van der Waals surface area contributed by atoms with E-state index in [1.165, 1.54) is 11.8 Å². The molecule has 26 heavy (non-hydrogen) atoms. The van der Waals surface area contributed by atoms with E-state index >= 15 is 0 Å². The smallest absolute Gasteiger partial charge is 0.257 e. The summed E-state index contributed by atoms with van der Waals surface area (Å²) in [5.74, 6) is 0.531. The molecule has 3 aromatic rings. The zero-order valence-electron chi connectivity index (χ0n) is 14.6. The molecule has 0 atom stereocenters. The Labute approximate surface area is 153 Å². The summed E-state index contributed by atoms with van der Waals surface area (Å²) >= 11 is 0. The molecule has 4 nitrogen and oxygen atoms in total. The largest absolute Gasteiger partial charge is 0.483 e. The van der Waals surface area contributed by atoms with Gasteiger partial charge in [0.1, 0.15) is 5.75 Å². The summed E-state index contributed by atoms with van der Waals surface area (Å²) in [5.41, 5.74) is 2.11. The number of rotatable bonds is 8. The Morgan fingerprint density at radius 3 is 2.46 bits per heavy atom. The van der Waals surface area contributed by atoms with Crippen molar-refractivity contribution in [1.82, 2.24) is 5.32 Å². The lowest BCUT2D eigenvalue weighted by atomic mass is 10.0. The van der Waals surface area contributed by atoms with Gasteiger partial charge >= 0.3 is 0 Å². The Hall–Kier alpha value is -3.14. The molecule has 1 amide bonds. The maximum atomic E-state index is 12.0. The standard InChI is InChI=1S/C22H22N2O2/c23-15-18-12-13-21(20-11-5-4-10-19(18)20)26-16-22(25)24-14-6-9-17-7-2-1-3-8-17/h1-5,7-8,10-13,15,23H,6,9,14,16H2,(H,24,25). The van der Waals surface area contributed by atoms with Crippen molar-refractivity contribution in [2.24, 2.45) is 0 Å². The maximum absolute atomic E-state index is 12.0. The molecule has 0 heterocycles. The lowest BCUT2D eigenvalue weighted by Crippen LogP contribution is -2.29. The lowest BCUT2D eigenvalue weighted by Gasteiger charge is -2.11. The summed E-state index contributed by atoms with van der Waals surface area (Å²) in [6, 6.07) is 21.6. The minimum Gasteiger partial charge on any atom is -0.483 e. The highest BCUT2D eigenvalue weighted by Crippen LogP contribution is 2.27. The second kappa shape index (κ2) is 8.81. The highest BCUT2D eigenvalue weighted by atomic mass is 16.5. The minimum absolute atomic E-state index is 0.0146. The lowest BCUT2D eigenvalue weighted by molar-refractivity contribution is -0.123. The first-order valence-corrected chi connectivity index (χ1v) is 8.73. The summed E-state index contributed by atoms with van der Waals surface area (Å²) in [6.45, 7) is 0.615. The van der Waals surface area contributed by atoms with E-state index in [0.29, 0.717) is 12.3 Å². The summed E-state index contributed by atoms with van der Waals surface area (Å²) in [7, 11) is 0. The second-order valence-corrected chi connectivity index (χ2v) is 6.07. The van der Waals surface area contributed by atoms with Crippen molar-refractivity contribution in [3.05, 3.63) is 77.9 Å². The molecule has 0 radical (unpaired) electrons. The average molecular weight is 346 g/mol. The molecule has 0 aliphatic heterocycles. The number of hydrogen-bond donors (Lipinski definition) is 2. The van der Waals surface area contributed by atoms with E-state index in [0.717, 1.165) is 29.2 Å². The molecule has 0 bridgehead atoms. The number of ether oxygens (including phenoxy) is 1. The van der Waals surface area contributed by atoms with Crippen molar-refractivity contribution in [3.63, 3.8) is 0 Å². The van der Waals surface area contributed by atoms with Gasteiger partial charge in [-0.1, -0.05) is 54.6 Å². The van der Waals surface area contributed by atoms with E-state index < -0.39 is 0 Å². The third kappa shape index (κ3) is 4.48. The molecule has 0 saturated carbocycles. The van der Waals surface area contributed by atoms with Gasteiger partial charge in [0.05, 0.1) is 0 Å². The van der Waals surface area contributed by atoms with Gasteiger partial charge < -0.3 is 15.5 Å². The van der Waals surface area contributed by atoms with Crippen molar-refractivity contribution in [3.8, 4) is 5.75 Å². The van der Waals surface area contributed by atoms with Gasteiger partial charge in [-0.05, 0) is 35.9 Å². The molecule has 0 fully saturated rings. The van der Waals surface area contributed by atoms with Crippen LogP contribution in [0, 0.1) is 5.41 Å². The molecular formula is C22H22N2O2. The zero-order valence-corrected chi connectivity index (χ0v) is 14.6. The number of carbonyl (C=O) groups is 1. The van der Waals surface area contributed by atoms with Crippen LogP contribution in [-0.2, 0) is 11.2 Å². The number of amides is 1. The molecule has 0 unspecified atom stereocenters. The third-order valence-corrected chi connectivity index (χ3v) is 4.24. The van der Waals surface area contributed by atoms with Gasteiger partial charge in [0.15, 0.2) is 6.61 Å². The van der Waals surface area contributed by atoms with Crippen LogP contribution >= 0.6 is 0 Å². The molecule has 0 spiro atoms. The van der Waals surface area contributed by atoms with Crippen LogP contribution in [0.4, 0.5) is 0 Å². The topological polar surface area (TPSA) is 62.2 Å². The molecule has 2 N–H and O–H groups in total. The molecule has 132 valence electrons. The maximum Gasteiger partial charge on any atom is 0.257 e. The van der Waals surface area contributed by atoms with E-state index in [9.17, 15) is 4.79 Å². The number of benzene rings is 3. The minimum atomic E-state index is -0.127. The Balaban J connectivity index is 1.50. The summed E-state index contributed by atoms with van der Waals surface area (Å²) in [5, 5.41) is 12.2. The molecule has 3 aromatic carbocycles. The van der Waals surface area contributed by atoms with E-state index in [1.807, 2.05) is 54.6 Å². The SMILES string of the molecule is N=Cc1ccc(OCC(=O)NCCCc2ccccc2)c2ccccc12. The van der Waals surface area contributed by atoms with Crippen LogP contribution < -0.4 is 10.1 Å². The van der Waals surface area contributed by atoms with Crippen LogP contribution in [0.5, 0.6) is 5.75 Å². The quantitative estimate of drug-likeness (QED) is 0.479. The predicted octanol–water partition coefficient (Wildman–Crippen LogP) is 3.97. The zero-order chi connectivity index (χ0) is 18.2. The van der Waals surface area contributed by atoms with Crippen molar-refractivity contribution in [2.45, 2.75) is 12.8 Å². The fourth-order valence-corrected chi connectivity index (χ4v) is 2.91. The number of nitrogens with one attached hydrogen (secondary N) is 2. The molecule has 0 saturated heterocycles. The highest BCUT2D eigenvalue weighted by molar-refractivity contribution is 6.01. The van der Waals surface area contributed by atoms with E-state index in [1.54, 1.807) is 0 Å². The van der Waals surface area contributed by atoms with Crippen LogP contribution in [0.3, 0.4) is 0 Å². The van der Waals surface area contributed by atoms with E-state index in [4.69, 9.17) is 10.1 Å². The molecular weight excluding hydrogens is 324 g/mol. The van der Waals surface area contributed by atoms with E-state index in [2.05, 4.69) is 17.4 Å². The molecule has 0 aliphatic rings. The van der Waals surface area contributed by atoms with Crippen molar-refractivity contribution in [2.75, 3.05) is 13.2 Å². The van der Waals surface area contributed by atoms with Crippen molar-refractivity contribution in [1.29, 1.82) is 5.41 Å². The van der Waals surface area contributed by atoms with Gasteiger partial charge in [0.25, 0.3) is 5.91 Å². The van der Waals surface area contributed by atoms with Crippen LogP contribution in [0.2, 0.25) is 0 Å². The second-order valence-electron chi connectivity index (χ2n) is 6.07. The molecule has 4 heteroatoms. The van der Waals surface area contributed by atoms with Gasteiger partial charge in [-0.15, -0.1) is 0 Å². The van der Waals surface area contributed by atoms with Gasteiger partial charge in [0.2, 0.25) is 0 Å². The van der Waals surface area contributed by atoms with Gasteiger partial charge in [-0.2, -0.15) is 0 Å². The average Bonchev–Trinajstić information content (AvgIpc) is 2.70. The van der Waals surface area contributed by atoms with Crippen LogP contribution in [0.25, 0.3) is 10.8 Å². The van der Waals surface area contributed by atoms with Crippen LogP contribution in [-0.4, -0.2) is 25.3 Å². The molecule has 0 aromatic heterocycles.